The maximum Gasteiger partial charge on any atom is 0.142 e. The van der Waals surface area contributed by atoms with Crippen LogP contribution in [0.1, 0.15) is 18.9 Å². The van der Waals surface area contributed by atoms with Gasteiger partial charge in [-0.25, -0.2) is 4.39 Å². The van der Waals surface area contributed by atoms with E-state index in [4.69, 9.17) is 22.1 Å². The summed E-state index contributed by atoms with van der Waals surface area (Å²) < 4.78 is 18.6. The molecule has 1 aromatic rings. The zero-order chi connectivity index (χ0) is 11.3. The maximum absolute atomic E-state index is 13.2. The summed E-state index contributed by atoms with van der Waals surface area (Å²) in [4.78, 5) is 0. The first-order chi connectivity index (χ1) is 7.19. The van der Waals surface area contributed by atoms with E-state index in [9.17, 15) is 4.39 Å². The van der Waals surface area contributed by atoms with Gasteiger partial charge in [0.15, 0.2) is 0 Å². The van der Waals surface area contributed by atoms with Crippen LogP contribution in [0.5, 0.6) is 5.75 Å². The highest BCUT2D eigenvalue weighted by atomic mass is 35.5. The third kappa shape index (κ3) is 3.36. The Morgan fingerprint density at radius 2 is 2.20 bits per heavy atom. The second kappa shape index (κ2) is 5.93. The molecule has 0 amide bonds. The Labute approximate surface area is 94.2 Å². The van der Waals surface area contributed by atoms with Crippen molar-refractivity contribution in [3.05, 3.63) is 28.5 Å². The van der Waals surface area contributed by atoms with E-state index in [1.54, 1.807) is 0 Å². The molecule has 2 nitrogen and oxygen atoms in total. The molecule has 2 N–H and O–H groups in total. The minimum absolute atomic E-state index is 0.0851. The number of hydrogen-bond acceptors (Lipinski definition) is 2. The monoisotopic (exact) mass is 231 g/mol. The molecule has 1 aromatic carbocycles. The molecule has 0 spiro atoms. The average molecular weight is 232 g/mol. The number of benzene rings is 1. The van der Waals surface area contributed by atoms with Gasteiger partial charge in [0.1, 0.15) is 11.6 Å². The van der Waals surface area contributed by atoms with Crippen molar-refractivity contribution in [3.8, 4) is 5.75 Å². The third-order valence-corrected chi connectivity index (χ3v) is 2.27. The molecule has 0 saturated carbocycles. The third-order valence-electron chi connectivity index (χ3n) is 1.98. The number of halogens is 2. The summed E-state index contributed by atoms with van der Waals surface area (Å²) in [5.41, 5.74) is 6.21. The zero-order valence-electron chi connectivity index (χ0n) is 8.72. The molecule has 0 fully saturated rings. The summed E-state index contributed by atoms with van der Waals surface area (Å²) in [6.45, 7) is 3.07. The van der Waals surface area contributed by atoms with Crippen LogP contribution in [0.15, 0.2) is 12.1 Å². The molecule has 0 atom stereocenters. The lowest BCUT2D eigenvalue weighted by Gasteiger charge is -2.11. The quantitative estimate of drug-likeness (QED) is 0.846. The van der Waals surface area contributed by atoms with Crippen LogP contribution < -0.4 is 10.5 Å². The van der Waals surface area contributed by atoms with Crippen molar-refractivity contribution in [2.24, 2.45) is 5.73 Å². The molecule has 0 radical (unpaired) electrons. The number of hydrogen-bond donors (Lipinski definition) is 1. The highest BCUT2D eigenvalue weighted by molar-refractivity contribution is 6.30. The molecule has 0 heterocycles. The molecule has 84 valence electrons. The van der Waals surface area contributed by atoms with Crippen molar-refractivity contribution in [2.45, 2.75) is 19.8 Å². The molecule has 0 aliphatic heterocycles. The molecular weight excluding hydrogens is 217 g/mol. The van der Waals surface area contributed by atoms with E-state index >= 15 is 0 Å². The zero-order valence-corrected chi connectivity index (χ0v) is 9.48. The predicted molar refractivity (Wildman–Crippen MR) is 60.0 cm³/mol. The fraction of sp³-hybridized carbons (Fsp3) is 0.455. The van der Waals surface area contributed by atoms with E-state index in [2.05, 4.69) is 0 Å². The van der Waals surface area contributed by atoms with E-state index in [0.29, 0.717) is 25.3 Å². The minimum atomic E-state index is -0.427. The number of rotatable bonds is 5. The minimum Gasteiger partial charge on any atom is -0.493 e. The van der Waals surface area contributed by atoms with Crippen molar-refractivity contribution in [1.29, 1.82) is 0 Å². The maximum atomic E-state index is 13.2. The molecule has 0 aliphatic rings. The fourth-order valence-electron chi connectivity index (χ4n) is 1.27. The van der Waals surface area contributed by atoms with Gasteiger partial charge < -0.3 is 10.5 Å². The summed E-state index contributed by atoms with van der Waals surface area (Å²) in [5, 5.41) is 0.0851. The summed E-state index contributed by atoms with van der Waals surface area (Å²) >= 11 is 5.68. The molecular formula is C11H15ClFNO. The Bertz CT molecular complexity index is 331. The molecule has 0 unspecified atom stereocenters. The summed E-state index contributed by atoms with van der Waals surface area (Å²) in [6, 6.07) is 2.90. The Kier molecular flexibility index (Phi) is 4.85. The summed E-state index contributed by atoms with van der Waals surface area (Å²) in [7, 11) is 0. The molecule has 1 rings (SSSR count). The first-order valence-electron chi connectivity index (χ1n) is 4.99. The lowest BCUT2D eigenvalue weighted by Crippen LogP contribution is -2.06. The van der Waals surface area contributed by atoms with Crippen LogP contribution in [0.3, 0.4) is 0 Å². The van der Waals surface area contributed by atoms with Crippen molar-refractivity contribution >= 4 is 11.6 Å². The Balaban J connectivity index is 2.93. The number of nitrogens with two attached hydrogens (primary N) is 1. The predicted octanol–water partition coefficient (Wildman–Crippen LogP) is 2.77. The van der Waals surface area contributed by atoms with E-state index in [1.807, 2.05) is 6.92 Å². The lowest BCUT2D eigenvalue weighted by molar-refractivity contribution is 0.313. The van der Waals surface area contributed by atoms with Crippen LogP contribution in [0.2, 0.25) is 5.02 Å². The molecule has 0 aromatic heterocycles. The fourth-order valence-corrected chi connectivity index (χ4v) is 1.42. The average Bonchev–Trinajstić information content (AvgIpc) is 2.21. The largest absolute Gasteiger partial charge is 0.493 e. The van der Waals surface area contributed by atoms with Gasteiger partial charge in [-0.1, -0.05) is 18.5 Å². The van der Waals surface area contributed by atoms with Crippen molar-refractivity contribution < 1.29 is 9.13 Å². The van der Waals surface area contributed by atoms with Crippen LogP contribution in [0, 0.1) is 5.82 Å². The summed E-state index contributed by atoms with van der Waals surface area (Å²) in [5.74, 6) is 0.206. The van der Waals surface area contributed by atoms with Crippen LogP contribution in [-0.4, -0.2) is 13.2 Å². The van der Waals surface area contributed by atoms with E-state index in [0.717, 1.165) is 12.0 Å². The van der Waals surface area contributed by atoms with Gasteiger partial charge in [0.05, 0.1) is 11.6 Å². The van der Waals surface area contributed by atoms with Gasteiger partial charge in [-0.15, -0.1) is 0 Å². The topological polar surface area (TPSA) is 35.2 Å². The second-order valence-electron chi connectivity index (χ2n) is 3.26. The van der Waals surface area contributed by atoms with Crippen molar-refractivity contribution in [3.63, 3.8) is 0 Å². The van der Waals surface area contributed by atoms with Gasteiger partial charge >= 0.3 is 0 Å². The first-order valence-corrected chi connectivity index (χ1v) is 5.37. The SMILES string of the molecule is CCCOc1cc(Cl)c(F)cc1CCN. The molecule has 15 heavy (non-hydrogen) atoms. The van der Waals surface area contributed by atoms with Crippen molar-refractivity contribution in [2.75, 3.05) is 13.2 Å². The van der Waals surface area contributed by atoms with Crippen LogP contribution in [0.4, 0.5) is 4.39 Å². The van der Waals surface area contributed by atoms with Gasteiger partial charge in [-0.05, 0) is 31.0 Å². The van der Waals surface area contributed by atoms with Gasteiger partial charge in [-0.3, -0.25) is 0 Å². The second-order valence-corrected chi connectivity index (χ2v) is 3.67. The van der Waals surface area contributed by atoms with E-state index in [-0.39, 0.29) is 5.02 Å². The van der Waals surface area contributed by atoms with E-state index in [1.165, 1.54) is 12.1 Å². The lowest BCUT2D eigenvalue weighted by atomic mass is 10.1. The smallest absolute Gasteiger partial charge is 0.142 e. The standard InChI is InChI=1S/C11H15ClFNO/c1-2-5-15-11-7-9(12)10(13)6-8(11)3-4-14/h6-7H,2-5,14H2,1H3. The number of ether oxygens (including phenoxy) is 1. The van der Waals surface area contributed by atoms with Gasteiger partial charge in [0.25, 0.3) is 0 Å². The first kappa shape index (κ1) is 12.3. The van der Waals surface area contributed by atoms with Crippen LogP contribution in [-0.2, 0) is 6.42 Å². The Morgan fingerprint density at radius 3 is 2.80 bits per heavy atom. The molecule has 0 aliphatic carbocycles. The highest BCUT2D eigenvalue weighted by Gasteiger charge is 2.08. The van der Waals surface area contributed by atoms with Gasteiger partial charge in [0, 0.05) is 6.07 Å². The molecule has 4 heteroatoms. The van der Waals surface area contributed by atoms with Crippen LogP contribution in [0.25, 0.3) is 0 Å². The van der Waals surface area contributed by atoms with Gasteiger partial charge in [0.2, 0.25) is 0 Å². The Morgan fingerprint density at radius 1 is 1.47 bits per heavy atom. The molecule has 0 bridgehead atoms. The molecule has 0 saturated heterocycles. The normalized spacial score (nSPS) is 10.4. The summed E-state index contributed by atoms with van der Waals surface area (Å²) in [6.07, 6.45) is 1.49. The van der Waals surface area contributed by atoms with Crippen LogP contribution >= 0.6 is 11.6 Å². The highest BCUT2D eigenvalue weighted by Crippen LogP contribution is 2.26. The Hall–Kier alpha value is -0.800. The van der Waals surface area contributed by atoms with Gasteiger partial charge in [-0.2, -0.15) is 0 Å². The van der Waals surface area contributed by atoms with Crippen molar-refractivity contribution in [1.82, 2.24) is 0 Å². The van der Waals surface area contributed by atoms with E-state index < -0.39 is 5.82 Å².